The molecule has 8 heteroatoms. The standard InChI is InChI=1S/C19H16N4O4/c1-25-18(24)12-3-2-4-13(9-12)21-17-7-8-20-19(23-17)22-14-5-6-15-16(10-14)27-11-26-15/h2-10H,11H2,1H3,(H2,20,21,22,23). The molecule has 0 saturated carbocycles. The molecule has 27 heavy (non-hydrogen) atoms. The van der Waals surface area contributed by atoms with Gasteiger partial charge in [0, 0.05) is 23.6 Å². The van der Waals surface area contributed by atoms with Gasteiger partial charge in [-0.1, -0.05) is 6.07 Å². The van der Waals surface area contributed by atoms with Gasteiger partial charge in [-0.3, -0.25) is 0 Å². The van der Waals surface area contributed by atoms with Gasteiger partial charge < -0.3 is 24.8 Å². The molecule has 136 valence electrons. The molecule has 0 spiro atoms. The lowest BCUT2D eigenvalue weighted by atomic mass is 10.2. The van der Waals surface area contributed by atoms with Crippen LogP contribution < -0.4 is 20.1 Å². The molecule has 3 aromatic rings. The minimum absolute atomic E-state index is 0.222. The highest BCUT2D eigenvalue weighted by molar-refractivity contribution is 5.90. The molecule has 4 rings (SSSR count). The maximum atomic E-state index is 11.7. The second kappa shape index (κ2) is 7.20. The number of nitrogens with zero attached hydrogens (tertiary/aromatic N) is 2. The van der Waals surface area contributed by atoms with Crippen LogP contribution in [0.1, 0.15) is 10.4 Å². The maximum absolute atomic E-state index is 11.7. The van der Waals surface area contributed by atoms with Gasteiger partial charge in [0.25, 0.3) is 0 Å². The highest BCUT2D eigenvalue weighted by Crippen LogP contribution is 2.34. The fraction of sp³-hybridized carbons (Fsp3) is 0.105. The van der Waals surface area contributed by atoms with Gasteiger partial charge in [-0.15, -0.1) is 0 Å². The van der Waals surface area contributed by atoms with E-state index in [9.17, 15) is 4.79 Å². The van der Waals surface area contributed by atoms with E-state index >= 15 is 0 Å². The average Bonchev–Trinajstić information content (AvgIpc) is 3.16. The van der Waals surface area contributed by atoms with Crippen LogP contribution in [0, 0.1) is 0 Å². The van der Waals surface area contributed by atoms with Crippen molar-refractivity contribution in [3.8, 4) is 11.5 Å². The van der Waals surface area contributed by atoms with E-state index in [0.717, 1.165) is 5.69 Å². The van der Waals surface area contributed by atoms with Crippen LogP contribution in [0.25, 0.3) is 0 Å². The lowest BCUT2D eigenvalue weighted by Gasteiger charge is -2.09. The van der Waals surface area contributed by atoms with E-state index in [1.54, 1.807) is 30.5 Å². The van der Waals surface area contributed by atoms with Crippen LogP contribution in [0.5, 0.6) is 11.5 Å². The molecular formula is C19H16N4O4. The quantitative estimate of drug-likeness (QED) is 0.665. The summed E-state index contributed by atoms with van der Waals surface area (Å²) in [4.78, 5) is 20.3. The van der Waals surface area contributed by atoms with Gasteiger partial charge in [-0.2, -0.15) is 4.98 Å². The van der Waals surface area contributed by atoms with Crippen LogP contribution in [-0.2, 0) is 4.74 Å². The number of rotatable bonds is 5. The largest absolute Gasteiger partial charge is 0.465 e. The van der Waals surface area contributed by atoms with Gasteiger partial charge in [-0.25, -0.2) is 9.78 Å². The van der Waals surface area contributed by atoms with Crippen LogP contribution in [-0.4, -0.2) is 29.8 Å². The van der Waals surface area contributed by atoms with Crippen molar-refractivity contribution >= 4 is 29.1 Å². The second-order valence-corrected chi connectivity index (χ2v) is 5.66. The van der Waals surface area contributed by atoms with Crippen LogP contribution in [0.2, 0.25) is 0 Å². The van der Waals surface area contributed by atoms with Gasteiger partial charge in [0.05, 0.1) is 12.7 Å². The van der Waals surface area contributed by atoms with Crippen molar-refractivity contribution in [2.24, 2.45) is 0 Å². The third-order valence-corrected chi connectivity index (χ3v) is 3.84. The van der Waals surface area contributed by atoms with Gasteiger partial charge in [0.1, 0.15) is 5.82 Å². The van der Waals surface area contributed by atoms with E-state index in [1.165, 1.54) is 7.11 Å². The van der Waals surface area contributed by atoms with Crippen molar-refractivity contribution in [2.75, 3.05) is 24.5 Å². The third kappa shape index (κ3) is 3.74. The van der Waals surface area contributed by atoms with Crippen molar-refractivity contribution in [1.29, 1.82) is 0 Å². The molecule has 2 heterocycles. The zero-order valence-corrected chi connectivity index (χ0v) is 14.4. The Hall–Kier alpha value is -3.81. The van der Waals surface area contributed by atoms with E-state index in [2.05, 4.69) is 20.6 Å². The summed E-state index contributed by atoms with van der Waals surface area (Å²) in [5, 5.41) is 6.27. The summed E-state index contributed by atoms with van der Waals surface area (Å²) >= 11 is 0. The topological polar surface area (TPSA) is 94.6 Å². The first-order valence-electron chi connectivity index (χ1n) is 8.16. The number of methoxy groups -OCH3 is 1. The van der Waals surface area contributed by atoms with Crippen LogP contribution in [0.15, 0.2) is 54.7 Å². The predicted octanol–water partition coefficient (Wildman–Crippen LogP) is 3.48. The monoisotopic (exact) mass is 364 g/mol. The van der Waals surface area contributed by atoms with Crippen LogP contribution in [0.3, 0.4) is 0 Å². The summed E-state index contributed by atoms with van der Waals surface area (Å²) in [5.41, 5.74) is 1.95. The Balaban J connectivity index is 1.50. The molecule has 0 amide bonds. The number of carbonyl (C=O) groups is 1. The number of aromatic nitrogens is 2. The molecule has 1 aliphatic heterocycles. The number of benzene rings is 2. The SMILES string of the molecule is COC(=O)c1cccc(Nc2ccnc(Nc3ccc4c(c3)OCO4)n2)c1. The second-order valence-electron chi connectivity index (χ2n) is 5.66. The molecule has 1 aromatic heterocycles. The van der Waals surface area contributed by atoms with Crippen LogP contribution >= 0.6 is 0 Å². The minimum Gasteiger partial charge on any atom is -0.465 e. The number of nitrogens with one attached hydrogen (secondary N) is 2. The van der Waals surface area contributed by atoms with Crippen molar-refractivity contribution in [3.05, 3.63) is 60.3 Å². The number of anilines is 4. The third-order valence-electron chi connectivity index (χ3n) is 3.84. The first-order chi connectivity index (χ1) is 13.2. The van der Waals surface area contributed by atoms with Crippen LogP contribution in [0.4, 0.5) is 23.1 Å². The number of carbonyl (C=O) groups excluding carboxylic acids is 1. The van der Waals surface area contributed by atoms with Gasteiger partial charge in [0.15, 0.2) is 11.5 Å². The molecular weight excluding hydrogens is 348 g/mol. The molecule has 0 bridgehead atoms. The van der Waals surface area contributed by atoms with Crippen molar-refractivity contribution < 1.29 is 19.0 Å². The molecule has 0 aliphatic carbocycles. The van der Waals surface area contributed by atoms with Crippen molar-refractivity contribution in [3.63, 3.8) is 0 Å². The highest BCUT2D eigenvalue weighted by Gasteiger charge is 2.13. The lowest BCUT2D eigenvalue weighted by molar-refractivity contribution is 0.0601. The summed E-state index contributed by atoms with van der Waals surface area (Å²) in [6.45, 7) is 0.222. The number of esters is 1. The first kappa shape index (κ1) is 16.6. The Labute approximate surface area is 155 Å². The summed E-state index contributed by atoms with van der Waals surface area (Å²) in [6, 6.07) is 14.2. The molecule has 0 saturated heterocycles. The lowest BCUT2D eigenvalue weighted by Crippen LogP contribution is -2.03. The summed E-state index contributed by atoms with van der Waals surface area (Å²) in [5.74, 6) is 1.99. The molecule has 0 unspecified atom stereocenters. The van der Waals surface area contributed by atoms with Crippen molar-refractivity contribution in [1.82, 2.24) is 9.97 Å². The van der Waals surface area contributed by atoms with E-state index in [1.807, 2.05) is 24.3 Å². The molecule has 8 nitrogen and oxygen atoms in total. The van der Waals surface area contributed by atoms with Gasteiger partial charge in [0.2, 0.25) is 12.7 Å². The Morgan fingerprint density at radius 3 is 2.78 bits per heavy atom. The molecule has 2 N–H and O–H groups in total. The number of hydrogen-bond acceptors (Lipinski definition) is 8. The number of fused-ring (bicyclic) bond motifs is 1. The molecule has 1 aliphatic rings. The number of ether oxygens (including phenoxy) is 3. The highest BCUT2D eigenvalue weighted by atomic mass is 16.7. The number of hydrogen-bond donors (Lipinski definition) is 2. The zero-order chi connectivity index (χ0) is 18.6. The molecule has 0 atom stereocenters. The Kier molecular flexibility index (Phi) is 4.44. The summed E-state index contributed by atoms with van der Waals surface area (Å²) < 4.78 is 15.4. The maximum Gasteiger partial charge on any atom is 0.337 e. The summed E-state index contributed by atoms with van der Waals surface area (Å²) in [7, 11) is 1.35. The zero-order valence-electron chi connectivity index (χ0n) is 14.4. The normalized spacial score (nSPS) is 11.7. The predicted molar refractivity (Wildman–Crippen MR) is 98.9 cm³/mol. The molecule has 0 fully saturated rings. The average molecular weight is 364 g/mol. The van der Waals surface area contributed by atoms with Crippen molar-refractivity contribution in [2.45, 2.75) is 0 Å². The first-order valence-corrected chi connectivity index (χ1v) is 8.16. The molecule has 0 radical (unpaired) electrons. The van der Waals surface area contributed by atoms with E-state index in [4.69, 9.17) is 14.2 Å². The fourth-order valence-electron chi connectivity index (χ4n) is 2.58. The van der Waals surface area contributed by atoms with E-state index < -0.39 is 5.97 Å². The minimum atomic E-state index is -0.397. The smallest absolute Gasteiger partial charge is 0.337 e. The molecule has 2 aromatic carbocycles. The van der Waals surface area contributed by atoms with E-state index in [-0.39, 0.29) is 6.79 Å². The summed E-state index contributed by atoms with van der Waals surface area (Å²) in [6.07, 6.45) is 1.63. The van der Waals surface area contributed by atoms with Gasteiger partial charge >= 0.3 is 5.97 Å². The Morgan fingerprint density at radius 2 is 1.89 bits per heavy atom. The van der Waals surface area contributed by atoms with Gasteiger partial charge in [-0.05, 0) is 36.4 Å². The Morgan fingerprint density at radius 1 is 1.04 bits per heavy atom. The fourth-order valence-corrected chi connectivity index (χ4v) is 2.58. The Bertz CT molecular complexity index is 993. The van der Waals surface area contributed by atoms with E-state index in [0.29, 0.717) is 34.5 Å².